The van der Waals surface area contributed by atoms with Crippen LogP contribution in [0.4, 0.5) is 0 Å². The van der Waals surface area contributed by atoms with Crippen LogP contribution in [-0.4, -0.2) is 59.1 Å². The van der Waals surface area contributed by atoms with Gasteiger partial charge in [0.15, 0.2) is 11.5 Å². The Morgan fingerprint density at radius 2 is 1.94 bits per heavy atom. The number of hydrogen-bond donors (Lipinski definition) is 0. The number of nitrogens with zero attached hydrogens (tertiary/aromatic N) is 4. The number of aryl methyl sites for hydroxylation is 3. The molecule has 0 unspecified atom stereocenters. The highest BCUT2D eigenvalue weighted by Crippen LogP contribution is 2.26. The number of benzene rings is 1. The average molecular weight is 437 g/mol. The Hall–Kier alpha value is -3.55. The molecule has 1 aromatic carbocycles. The highest BCUT2D eigenvalue weighted by Gasteiger charge is 2.32. The molecular formula is C24H28N4O4. The topological polar surface area (TPSA) is 80.8 Å². The van der Waals surface area contributed by atoms with Crippen LogP contribution in [0.25, 0.3) is 0 Å². The van der Waals surface area contributed by atoms with Crippen molar-refractivity contribution in [2.45, 2.75) is 32.9 Å². The van der Waals surface area contributed by atoms with Gasteiger partial charge in [-0.2, -0.15) is 5.10 Å². The van der Waals surface area contributed by atoms with Crippen LogP contribution in [0.15, 0.2) is 41.0 Å². The molecular weight excluding hydrogens is 408 g/mol. The Morgan fingerprint density at radius 3 is 2.56 bits per heavy atom. The van der Waals surface area contributed by atoms with Gasteiger partial charge in [0.25, 0.3) is 11.8 Å². The fourth-order valence-electron chi connectivity index (χ4n) is 4.00. The molecule has 0 radical (unpaired) electrons. The summed E-state index contributed by atoms with van der Waals surface area (Å²) in [5, 5.41) is 4.68. The highest BCUT2D eigenvalue weighted by atomic mass is 16.5. The van der Waals surface area contributed by atoms with Gasteiger partial charge < -0.3 is 19.0 Å². The predicted octanol–water partition coefficient (Wildman–Crippen LogP) is 2.94. The van der Waals surface area contributed by atoms with Crippen molar-refractivity contribution in [1.82, 2.24) is 19.6 Å². The molecule has 1 aliphatic heterocycles. The maximum atomic E-state index is 13.0. The van der Waals surface area contributed by atoms with Crippen LogP contribution < -0.4 is 4.74 Å². The zero-order valence-corrected chi connectivity index (χ0v) is 18.9. The summed E-state index contributed by atoms with van der Waals surface area (Å²) in [5.74, 6) is 0.849. The summed E-state index contributed by atoms with van der Waals surface area (Å²) in [6, 6.07) is 9.73. The number of rotatable bonds is 6. The molecule has 0 bridgehead atoms. The Morgan fingerprint density at radius 1 is 1.19 bits per heavy atom. The standard InChI is InChI=1S/C24H28N4O4/c1-16-11-14-32-22(16)24(30)27-12-10-20-19(15-27)21(23(29)26(2)3)25-28(20)13-9-17-5-7-18(31-4)8-6-17/h5-8,11,14H,9-10,12-13,15H2,1-4H3. The third-order valence-electron chi connectivity index (χ3n) is 5.86. The summed E-state index contributed by atoms with van der Waals surface area (Å²) >= 11 is 0. The number of amides is 2. The lowest BCUT2D eigenvalue weighted by molar-refractivity contribution is 0.0694. The minimum Gasteiger partial charge on any atom is -0.497 e. The quantitative estimate of drug-likeness (QED) is 0.594. The van der Waals surface area contributed by atoms with E-state index in [1.165, 1.54) is 11.2 Å². The van der Waals surface area contributed by atoms with Crippen LogP contribution in [0.2, 0.25) is 0 Å². The van der Waals surface area contributed by atoms with E-state index < -0.39 is 0 Å². The van der Waals surface area contributed by atoms with Gasteiger partial charge in [0.1, 0.15) is 5.75 Å². The van der Waals surface area contributed by atoms with Crippen molar-refractivity contribution in [3.8, 4) is 5.75 Å². The monoisotopic (exact) mass is 436 g/mol. The molecule has 0 saturated heterocycles. The third-order valence-corrected chi connectivity index (χ3v) is 5.86. The molecule has 0 spiro atoms. The summed E-state index contributed by atoms with van der Waals surface area (Å²) in [6.07, 6.45) is 2.94. The molecule has 4 rings (SSSR count). The molecule has 3 heterocycles. The summed E-state index contributed by atoms with van der Waals surface area (Å²) in [7, 11) is 5.07. The van der Waals surface area contributed by atoms with Crippen molar-refractivity contribution in [3.05, 3.63) is 70.4 Å². The molecule has 0 fully saturated rings. The summed E-state index contributed by atoms with van der Waals surface area (Å²) in [4.78, 5) is 29.1. The van der Waals surface area contributed by atoms with Crippen molar-refractivity contribution in [2.75, 3.05) is 27.7 Å². The number of methoxy groups -OCH3 is 1. The van der Waals surface area contributed by atoms with Gasteiger partial charge in [-0.15, -0.1) is 0 Å². The van der Waals surface area contributed by atoms with Crippen LogP contribution in [0.5, 0.6) is 5.75 Å². The maximum absolute atomic E-state index is 13.0. The number of carbonyl (C=O) groups is 2. The lowest BCUT2D eigenvalue weighted by Gasteiger charge is -2.27. The van der Waals surface area contributed by atoms with Crippen LogP contribution in [-0.2, 0) is 25.9 Å². The van der Waals surface area contributed by atoms with Gasteiger partial charge in [-0.1, -0.05) is 12.1 Å². The van der Waals surface area contributed by atoms with E-state index in [0.29, 0.717) is 37.5 Å². The largest absolute Gasteiger partial charge is 0.497 e. The number of aromatic nitrogens is 2. The molecule has 3 aromatic rings. The Kier molecular flexibility index (Phi) is 6.03. The van der Waals surface area contributed by atoms with Crippen molar-refractivity contribution < 1.29 is 18.7 Å². The molecule has 0 atom stereocenters. The predicted molar refractivity (Wildman–Crippen MR) is 119 cm³/mol. The van der Waals surface area contributed by atoms with Crippen LogP contribution in [0.3, 0.4) is 0 Å². The van der Waals surface area contributed by atoms with Crippen molar-refractivity contribution >= 4 is 11.8 Å². The molecule has 0 aliphatic carbocycles. The molecule has 2 aromatic heterocycles. The maximum Gasteiger partial charge on any atom is 0.290 e. The summed E-state index contributed by atoms with van der Waals surface area (Å²) < 4.78 is 12.5. The van der Waals surface area contributed by atoms with Crippen LogP contribution >= 0.6 is 0 Å². The first-order valence-corrected chi connectivity index (χ1v) is 10.7. The van der Waals surface area contributed by atoms with E-state index in [4.69, 9.17) is 9.15 Å². The fraction of sp³-hybridized carbons (Fsp3) is 0.375. The second-order valence-corrected chi connectivity index (χ2v) is 8.20. The van der Waals surface area contributed by atoms with Gasteiger partial charge in [-0.05, 0) is 37.1 Å². The Labute approximate surface area is 187 Å². The summed E-state index contributed by atoms with van der Waals surface area (Å²) in [6.45, 7) is 3.40. The molecule has 0 saturated carbocycles. The molecule has 8 heteroatoms. The lowest BCUT2D eigenvalue weighted by atomic mass is 10.0. The van der Waals surface area contributed by atoms with Gasteiger partial charge in [-0.25, -0.2) is 0 Å². The van der Waals surface area contributed by atoms with Crippen molar-refractivity contribution in [1.29, 1.82) is 0 Å². The van der Waals surface area contributed by atoms with Gasteiger partial charge >= 0.3 is 0 Å². The highest BCUT2D eigenvalue weighted by molar-refractivity contribution is 5.95. The zero-order chi connectivity index (χ0) is 22.8. The fourth-order valence-corrected chi connectivity index (χ4v) is 4.00. The van der Waals surface area contributed by atoms with E-state index in [2.05, 4.69) is 5.10 Å². The first-order chi connectivity index (χ1) is 15.4. The number of hydrogen-bond acceptors (Lipinski definition) is 5. The SMILES string of the molecule is COc1ccc(CCn2nc(C(=O)N(C)C)c3c2CCN(C(=O)c2occc2C)C3)cc1. The second-order valence-electron chi connectivity index (χ2n) is 8.20. The van der Waals surface area contributed by atoms with Gasteiger partial charge in [0, 0.05) is 50.4 Å². The molecule has 32 heavy (non-hydrogen) atoms. The summed E-state index contributed by atoms with van der Waals surface area (Å²) in [5.41, 5.74) is 4.22. The smallest absolute Gasteiger partial charge is 0.290 e. The second kappa shape index (κ2) is 8.90. The van der Waals surface area contributed by atoms with Crippen molar-refractivity contribution in [2.24, 2.45) is 0 Å². The number of carbonyl (C=O) groups excluding carboxylic acids is 2. The molecule has 2 amide bonds. The number of furan rings is 1. The lowest BCUT2D eigenvalue weighted by Crippen LogP contribution is -2.37. The van der Waals surface area contributed by atoms with E-state index >= 15 is 0 Å². The van der Waals surface area contributed by atoms with E-state index in [1.807, 2.05) is 35.9 Å². The van der Waals surface area contributed by atoms with Gasteiger partial charge in [0.05, 0.1) is 19.9 Å². The van der Waals surface area contributed by atoms with Crippen LogP contribution in [0, 0.1) is 6.92 Å². The first kappa shape index (κ1) is 21.7. The van der Waals surface area contributed by atoms with E-state index in [1.54, 1.807) is 32.2 Å². The molecule has 168 valence electrons. The first-order valence-electron chi connectivity index (χ1n) is 10.7. The minimum atomic E-state index is -0.160. The van der Waals surface area contributed by atoms with E-state index in [-0.39, 0.29) is 11.8 Å². The van der Waals surface area contributed by atoms with Crippen molar-refractivity contribution in [3.63, 3.8) is 0 Å². The van der Waals surface area contributed by atoms with Crippen LogP contribution in [0.1, 0.15) is 43.4 Å². The minimum absolute atomic E-state index is 0.159. The zero-order valence-electron chi connectivity index (χ0n) is 18.9. The Balaban J connectivity index is 1.59. The van der Waals surface area contributed by atoms with E-state index in [9.17, 15) is 9.59 Å². The molecule has 1 aliphatic rings. The normalized spacial score (nSPS) is 13.1. The number of fused-ring (bicyclic) bond motifs is 1. The van der Waals surface area contributed by atoms with Gasteiger partial charge in [-0.3, -0.25) is 14.3 Å². The Bertz CT molecular complexity index is 1130. The number of ether oxygens (including phenoxy) is 1. The third kappa shape index (κ3) is 4.12. The molecule has 0 N–H and O–H groups in total. The molecule has 8 nitrogen and oxygen atoms in total. The van der Waals surface area contributed by atoms with E-state index in [0.717, 1.165) is 34.6 Å². The van der Waals surface area contributed by atoms with Gasteiger partial charge in [0.2, 0.25) is 0 Å². The average Bonchev–Trinajstić information content (AvgIpc) is 3.40.